The second-order valence-corrected chi connectivity index (χ2v) is 12.7. The molecule has 0 aromatic heterocycles. The van der Waals surface area contributed by atoms with Gasteiger partial charge in [0.05, 0.1) is 18.9 Å². The van der Waals surface area contributed by atoms with Crippen molar-refractivity contribution in [3.8, 4) is 0 Å². The monoisotopic (exact) mass is 583 g/mol. The second kappa shape index (κ2) is 14.8. The number of carbonyl (C=O) groups is 4. The highest BCUT2D eigenvalue weighted by Gasteiger charge is 2.31. The predicted octanol–water partition coefficient (Wildman–Crippen LogP) is 2.40. The third kappa shape index (κ3) is 9.83. The molecule has 0 aliphatic carbocycles. The van der Waals surface area contributed by atoms with Crippen LogP contribution < -0.4 is 16.0 Å². The molecule has 0 saturated carbocycles. The van der Waals surface area contributed by atoms with Crippen molar-refractivity contribution in [1.29, 1.82) is 0 Å². The van der Waals surface area contributed by atoms with E-state index in [1.54, 1.807) is 36.4 Å². The minimum absolute atomic E-state index is 0.0358. The average molecular weight is 584 g/mol. The first-order valence-corrected chi connectivity index (χ1v) is 15.4. The van der Waals surface area contributed by atoms with E-state index >= 15 is 0 Å². The van der Waals surface area contributed by atoms with Crippen LogP contribution in [0.2, 0.25) is 5.02 Å². The number of ether oxygens (including phenoxy) is 1. The Morgan fingerprint density at radius 1 is 1.08 bits per heavy atom. The Kier molecular flexibility index (Phi) is 11.8. The molecule has 5 atom stereocenters. The number of carbonyl (C=O) groups excluding carboxylic acids is 4. The number of esters is 1. The molecule has 1 aromatic carbocycles. The fourth-order valence-corrected chi connectivity index (χ4v) is 6.31. The van der Waals surface area contributed by atoms with Crippen LogP contribution in [0.5, 0.6) is 0 Å². The van der Waals surface area contributed by atoms with Crippen LogP contribution in [-0.2, 0) is 30.3 Å². The Bertz CT molecular complexity index is 1040. The molecule has 1 aromatic rings. The van der Waals surface area contributed by atoms with Gasteiger partial charge in [0.15, 0.2) is 0 Å². The lowest BCUT2D eigenvalue weighted by atomic mass is 9.96. The van der Waals surface area contributed by atoms with E-state index in [9.17, 15) is 24.3 Å². The molecule has 0 unspecified atom stereocenters. The first kappa shape index (κ1) is 30.3. The fourth-order valence-electron chi connectivity index (χ4n) is 4.13. The molecule has 1 saturated heterocycles. The van der Waals surface area contributed by atoms with Crippen LogP contribution in [0.25, 0.3) is 0 Å². The lowest BCUT2D eigenvalue weighted by Gasteiger charge is -2.29. The van der Waals surface area contributed by atoms with Crippen molar-refractivity contribution in [2.75, 3.05) is 11.5 Å². The summed E-state index contributed by atoms with van der Waals surface area (Å²) in [6, 6.07) is 4.67. The number of aliphatic hydroxyl groups is 1. The summed E-state index contributed by atoms with van der Waals surface area (Å²) in [5, 5.41) is 19.5. The quantitative estimate of drug-likeness (QED) is 0.242. The van der Waals surface area contributed by atoms with Crippen molar-refractivity contribution in [1.82, 2.24) is 16.0 Å². The molecule has 2 bridgehead atoms. The van der Waals surface area contributed by atoms with Crippen LogP contribution in [0.15, 0.2) is 36.4 Å². The van der Waals surface area contributed by atoms with Crippen molar-refractivity contribution in [2.45, 2.75) is 69.9 Å². The molecule has 0 spiro atoms. The summed E-state index contributed by atoms with van der Waals surface area (Å²) < 4.78 is 5.53. The maximum Gasteiger partial charge on any atom is 0.309 e. The van der Waals surface area contributed by atoms with Gasteiger partial charge < -0.3 is 25.8 Å². The zero-order valence-electron chi connectivity index (χ0n) is 21.4. The Labute approximate surface area is 235 Å². The largest absolute Gasteiger partial charge is 0.457 e. The maximum absolute atomic E-state index is 13.5. The van der Waals surface area contributed by atoms with E-state index in [0.717, 1.165) is 5.56 Å². The molecule has 208 valence electrons. The van der Waals surface area contributed by atoms with Crippen LogP contribution in [0.4, 0.5) is 0 Å². The summed E-state index contributed by atoms with van der Waals surface area (Å²) in [6.45, 7) is 3.81. The Balaban J connectivity index is 1.97. The molecule has 38 heavy (non-hydrogen) atoms. The molecular weight excluding hydrogens is 550 g/mol. The Morgan fingerprint density at radius 3 is 2.61 bits per heavy atom. The van der Waals surface area contributed by atoms with Gasteiger partial charge in [0.25, 0.3) is 0 Å². The maximum atomic E-state index is 13.5. The van der Waals surface area contributed by atoms with Crippen LogP contribution >= 0.6 is 33.2 Å². The van der Waals surface area contributed by atoms with E-state index < -0.39 is 54.0 Å². The number of nitrogens with one attached hydrogen (secondary N) is 3. The van der Waals surface area contributed by atoms with Gasteiger partial charge in [-0.2, -0.15) is 0 Å². The number of aliphatic hydroxyl groups excluding tert-OH is 1. The van der Waals surface area contributed by atoms with Crippen molar-refractivity contribution in [3.05, 3.63) is 47.0 Å². The van der Waals surface area contributed by atoms with Crippen molar-refractivity contribution in [2.24, 2.45) is 5.92 Å². The molecule has 3 aliphatic rings. The first-order valence-electron chi connectivity index (χ1n) is 12.5. The van der Waals surface area contributed by atoms with E-state index in [0.29, 0.717) is 16.5 Å². The SMILES string of the molecule is CC(C)[C@H]1C[C@@H](O)CC(=O)O[C@@H]2/C=C/CSSC[C@@H](NC(=O)[C@H](Cc3cccc(Cl)c3)NC(=O)C2)C(=O)N1. The lowest BCUT2D eigenvalue weighted by molar-refractivity contribution is -0.150. The van der Waals surface area contributed by atoms with Gasteiger partial charge in [0.2, 0.25) is 17.7 Å². The third-order valence-electron chi connectivity index (χ3n) is 6.18. The first-order chi connectivity index (χ1) is 18.1. The molecule has 9 nitrogen and oxygen atoms in total. The van der Waals surface area contributed by atoms with Crippen LogP contribution in [0, 0.1) is 5.92 Å². The van der Waals surface area contributed by atoms with E-state index in [1.165, 1.54) is 21.6 Å². The van der Waals surface area contributed by atoms with E-state index in [1.807, 2.05) is 13.8 Å². The molecule has 1 fully saturated rings. The lowest BCUT2D eigenvalue weighted by Crippen LogP contribution is -2.57. The van der Waals surface area contributed by atoms with Crippen molar-refractivity contribution < 1.29 is 29.0 Å². The molecular formula is C26H34ClN3O6S2. The van der Waals surface area contributed by atoms with Crippen LogP contribution in [-0.4, -0.2) is 70.6 Å². The van der Waals surface area contributed by atoms with Gasteiger partial charge in [-0.3, -0.25) is 19.2 Å². The van der Waals surface area contributed by atoms with Gasteiger partial charge in [0, 0.05) is 29.0 Å². The van der Waals surface area contributed by atoms with Crippen molar-refractivity contribution >= 4 is 56.9 Å². The topological polar surface area (TPSA) is 134 Å². The second-order valence-electron chi connectivity index (χ2n) is 9.70. The number of fused-ring (bicyclic) bond motifs is 16. The molecule has 3 heterocycles. The number of amides is 3. The summed E-state index contributed by atoms with van der Waals surface area (Å²) in [7, 11) is 2.90. The van der Waals surface area contributed by atoms with Gasteiger partial charge in [0.1, 0.15) is 18.2 Å². The summed E-state index contributed by atoms with van der Waals surface area (Å²) in [5.41, 5.74) is 0.733. The van der Waals surface area contributed by atoms with Crippen molar-refractivity contribution in [3.63, 3.8) is 0 Å². The summed E-state index contributed by atoms with van der Waals surface area (Å²) in [5.74, 6) is -1.27. The zero-order valence-corrected chi connectivity index (χ0v) is 23.7. The highest BCUT2D eigenvalue weighted by Crippen LogP contribution is 2.24. The molecule has 3 aliphatic heterocycles. The van der Waals surface area contributed by atoms with E-state index in [4.69, 9.17) is 16.3 Å². The van der Waals surface area contributed by atoms with Gasteiger partial charge in [-0.1, -0.05) is 65.2 Å². The normalized spacial score (nSPS) is 29.1. The van der Waals surface area contributed by atoms with Crippen LogP contribution in [0.3, 0.4) is 0 Å². The number of benzene rings is 1. The average Bonchev–Trinajstić information content (AvgIpc) is 2.83. The van der Waals surface area contributed by atoms with Gasteiger partial charge in [-0.05, 0) is 36.1 Å². The summed E-state index contributed by atoms with van der Waals surface area (Å²) in [6.07, 6.45) is 1.34. The fraction of sp³-hybridized carbons (Fsp3) is 0.538. The molecule has 4 rings (SSSR count). The molecule has 12 heteroatoms. The third-order valence-corrected chi connectivity index (χ3v) is 8.69. The van der Waals surface area contributed by atoms with E-state index in [2.05, 4.69) is 16.0 Å². The number of hydrogen-bond donors (Lipinski definition) is 4. The highest BCUT2D eigenvalue weighted by molar-refractivity contribution is 8.76. The van der Waals surface area contributed by atoms with Gasteiger partial charge >= 0.3 is 5.97 Å². The minimum atomic E-state index is -1.05. The zero-order chi connectivity index (χ0) is 27.7. The highest BCUT2D eigenvalue weighted by atomic mass is 35.5. The Morgan fingerprint density at radius 2 is 1.87 bits per heavy atom. The minimum Gasteiger partial charge on any atom is -0.457 e. The molecule has 0 radical (unpaired) electrons. The number of hydrogen-bond acceptors (Lipinski definition) is 8. The smallest absolute Gasteiger partial charge is 0.309 e. The van der Waals surface area contributed by atoms with Crippen LogP contribution in [0.1, 0.15) is 38.7 Å². The Hall–Kier alpha value is -2.21. The molecule has 4 N–H and O–H groups in total. The predicted molar refractivity (Wildman–Crippen MR) is 150 cm³/mol. The van der Waals surface area contributed by atoms with E-state index in [-0.39, 0.29) is 31.6 Å². The summed E-state index contributed by atoms with van der Waals surface area (Å²) >= 11 is 6.12. The number of rotatable bonds is 3. The molecule has 3 amide bonds. The standard InChI is InChI=1S/C26H34ClN3O6S2/c1-15(2)20-11-18(31)12-24(33)36-19-7-4-8-37-38-14-22(26(35)29-20)30-25(34)21(28-23(32)13-19)10-16-5-3-6-17(27)9-16/h3-7,9,15,18-22,31H,8,10-14H2,1-2H3,(H,28,32)(H,29,35)(H,30,34)/b7-4+/t18-,19-,20-,21+,22-/m1/s1. The van der Waals surface area contributed by atoms with Gasteiger partial charge in [-0.25, -0.2) is 0 Å². The van der Waals surface area contributed by atoms with Gasteiger partial charge in [-0.15, -0.1) is 0 Å². The number of halogens is 1. The summed E-state index contributed by atoms with van der Waals surface area (Å²) in [4.78, 5) is 52.4.